The van der Waals surface area contributed by atoms with Crippen LogP contribution >= 0.6 is 11.6 Å². The predicted octanol–water partition coefficient (Wildman–Crippen LogP) is -0.411. The van der Waals surface area contributed by atoms with Gasteiger partial charge in [-0.15, -0.1) is 0 Å². The third kappa shape index (κ3) is 1.93. The lowest BCUT2D eigenvalue weighted by atomic mass is 10.2. The van der Waals surface area contributed by atoms with E-state index < -0.39 is 22.9 Å². The minimum atomic E-state index is -1.00. The van der Waals surface area contributed by atoms with E-state index in [9.17, 15) is 18.8 Å². The molecule has 0 saturated carbocycles. The van der Waals surface area contributed by atoms with Crippen LogP contribution in [0.3, 0.4) is 0 Å². The number of aromatic amines is 2. The number of nitrogens with two attached hydrogens (primary N) is 1. The monoisotopic (exact) mass is 272 g/mol. The summed E-state index contributed by atoms with van der Waals surface area (Å²) in [6.07, 6.45) is 0. The first-order valence-electron chi connectivity index (χ1n) is 4.60. The van der Waals surface area contributed by atoms with Gasteiger partial charge in [0.05, 0.1) is 16.4 Å². The van der Waals surface area contributed by atoms with Gasteiger partial charge in [-0.2, -0.15) is 0 Å². The number of aromatic nitrogens is 3. The van der Waals surface area contributed by atoms with Gasteiger partial charge >= 0.3 is 17.1 Å². The second kappa shape index (κ2) is 4.15. The molecule has 1 heterocycles. The number of nitrogen functional groups attached to an aromatic ring is 1. The predicted molar refractivity (Wildman–Crippen MR) is 62.7 cm³/mol. The molecule has 4 N–H and O–H groups in total. The highest BCUT2D eigenvalue weighted by Crippen LogP contribution is 2.23. The lowest BCUT2D eigenvalue weighted by Crippen LogP contribution is -2.42. The van der Waals surface area contributed by atoms with Gasteiger partial charge in [0.2, 0.25) is 0 Å². The van der Waals surface area contributed by atoms with E-state index in [2.05, 4.69) is 0 Å². The Bertz CT molecular complexity index is 757. The maximum atomic E-state index is 13.1. The van der Waals surface area contributed by atoms with Crippen molar-refractivity contribution in [3.05, 3.63) is 54.4 Å². The molecule has 0 aliphatic rings. The van der Waals surface area contributed by atoms with Gasteiger partial charge in [0.25, 0.3) is 0 Å². The number of hydrogen-bond donors (Lipinski definition) is 3. The molecule has 1 aromatic heterocycles. The van der Waals surface area contributed by atoms with Crippen molar-refractivity contribution in [2.75, 3.05) is 5.73 Å². The zero-order valence-corrected chi connectivity index (χ0v) is 9.42. The summed E-state index contributed by atoms with van der Waals surface area (Å²) in [4.78, 5) is 37.6. The number of nitrogens with zero attached hydrogens (tertiary/aromatic N) is 1. The van der Waals surface area contributed by atoms with Gasteiger partial charge in [-0.05, 0) is 12.1 Å². The van der Waals surface area contributed by atoms with E-state index in [-0.39, 0.29) is 16.4 Å². The summed E-state index contributed by atoms with van der Waals surface area (Å²) in [7, 11) is 0. The van der Waals surface area contributed by atoms with Gasteiger partial charge in [0.15, 0.2) is 0 Å². The molecule has 0 unspecified atom stereocenters. The highest BCUT2D eigenvalue weighted by Gasteiger charge is 2.12. The van der Waals surface area contributed by atoms with Gasteiger partial charge in [-0.1, -0.05) is 11.6 Å². The Labute approximate surface area is 103 Å². The molecule has 0 saturated heterocycles. The minimum absolute atomic E-state index is 0.127. The SMILES string of the molecule is Nc1cc(-n2c(=O)[nH]c(=O)[nH]c2=O)c(Cl)cc1F. The van der Waals surface area contributed by atoms with Crippen LogP contribution in [0, 0.1) is 5.82 Å². The molecule has 18 heavy (non-hydrogen) atoms. The molecule has 94 valence electrons. The molecular formula is C9H6ClFN4O3. The number of rotatable bonds is 1. The lowest BCUT2D eigenvalue weighted by molar-refractivity contribution is 0.631. The van der Waals surface area contributed by atoms with Crippen molar-refractivity contribution < 1.29 is 4.39 Å². The number of nitrogens with one attached hydrogen (secondary N) is 2. The number of anilines is 1. The van der Waals surface area contributed by atoms with Crippen LogP contribution in [0.5, 0.6) is 0 Å². The van der Waals surface area contributed by atoms with Crippen LogP contribution in [0.1, 0.15) is 0 Å². The number of hydrogen-bond acceptors (Lipinski definition) is 4. The summed E-state index contributed by atoms with van der Waals surface area (Å²) in [5.41, 5.74) is 1.95. The second-order valence-electron chi connectivity index (χ2n) is 3.35. The molecule has 0 radical (unpaired) electrons. The van der Waals surface area contributed by atoms with Crippen LogP contribution in [-0.4, -0.2) is 14.5 Å². The summed E-state index contributed by atoms with van der Waals surface area (Å²) < 4.78 is 13.6. The van der Waals surface area contributed by atoms with Crippen LogP contribution in [0.15, 0.2) is 26.5 Å². The summed E-state index contributed by atoms with van der Waals surface area (Å²) in [5.74, 6) is -0.780. The first kappa shape index (κ1) is 12.1. The molecule has 2 rings (SSSR count). The van der Waals surface area contributed by atoms with E-state index in [0.717, 1.165) is 12.1 Å². The van der Waals surface area contributed by atoms with Crippen molar-refractivity contribution in [2.45, 2.75) is 0 Å². The minimum Gasteiger partial charge on any atom is -0.396 e. The van der Waals surface area contributed by atoms with Crippen molar-refractivity contribution in [3.8, 4) is 5.69 Å². The third-order valence-corrected chi connectivity index (χ3v) is 2.46. The van der Waals surface area contributed by atoms with Crippen LogP contribution < -0.4 is 22.8 Å². The van der Waals surface area contributed by atoms with Crippen LogP contribution in [0.25, 0.3) is 5.69 Å². The summed E-state index contributed by atoms with van der Waals surface area (Å²) in [6.45, 7) is 0. The van der Waals surface area contributed by atoms with Gasteiger partial charge in [0, 0.05) is 0 Å². The highest BCUT2D eigenvalue weighted by molar-refractivity contribution is 6.32. The Morgan fingerprint density at radius 1 is 1.17 bits per heavy atom. The van der Waals surface area contributed by atoms with Crippen molar-refractivity contribution in [1.82, 2.24) is 14.5 Å². The Morgan fingerprint density at radius 2 is 1.72 bits per heavy atom. The zero-order valence-electron chi connectivity index (χ0n) is 8.66. The smallest absolute Gasteiger partial charge is 0.338 e. The van der Waals surface area contributed by atoms with Crippen molar-refractivity contribution >= 4 is 17.3 Å². The van der Waals surface area contributed by atoms with Crippen molar-refractivity contribution in [3.63, 3.8) is 0 Å². The van der Waals surface area contributed by atoms with Crippen molar-refractivity contribution in [1.29, 1.82) is 0 Å². The number of halogens is 2. The second-order valence-corrected chi connectivity index (χ2v) is 3.76. The van der Waals surface area contributed by atoms with E-state index in [0.29, 0.717) is 4.57 Å². The maximum absolute atomic E-state index is 13.1. The van der Waals surface area contributed by atoms with E-state index in [1.54, 1.807) is 0 Å². The molecule has 7 nitrogen and oxygen atoms in total. The number of benzene rings is 1. The average molecular weight is 273 g/mol. The molecule has 0 spiro atoms. The summed E-state index contributed by atoms with van der Waals surface area (Å²) in [5, 5.41) is -0.193. The maximum Gasteiger partial charge on any atom is 0.338 e. The summed E-state index contributed by atoms with van der Waals surface area (Å²) >= 11 is 5.72. The Morgan fingerprint density at radius 3 is 2.28 bits per heavy atom. The Kier molecular flexibility index (Phi) is 2.79. The molecule has 0 aliphatic carbocycles. The lowest BCUT2D eigenvalue weighted by Gasteiger charge is -2.07. The zero-order chi connectivity index (χ0) is 13.4. The highest BCUT2D eigenvalue weighted by atomic mass is 35.5. The number of H-pyrrole nitrogens is 2. The molecule has 0 aliphatic heterocycles. The standard InChI is InChI=1S/C9H6ClFN4O3/c10-3-1-4(11)5(12)2-6(3)15-8(17)13-7(16)14-9(15)18/h1-2H,12H2,(H2,13,14,16,17,18). The van der Waals surface area contributed by atoms with Gasteiger partial charge in [-0.25, -0.2) is 23.3 Å². The van der Waals surface area contributed by atoms with Gasteiger partial charge in [0.1, 0.15) is 5.82 Å². The van der Waals surface area contributed by atoms with Crippen molar-refractivity contribution in [2.24, 2.45) is 0 Å². The fourth-order valence-electron chi connectivity index (χ4n) is 1.37. The van der Waals surface area contributed by atoms with Crippen LogP contribution in [-0.2, 0) is 0 Å². The quantitative estimate of drug-likeness (QED) is 0.612. The first-order valence-corrected chi connectivity index (χ1v) is 4.98. The Hall–Kier alpha value is -2.35. The van der Waals surface area contributed by atoms with E-state index >= 15 is 0 Å². The van der Waals surface area contributed by atoms with E-state index in [1.807, 2.05) is 9.97 Å². The van der Waals surface area contributed by atoms with Crippen LogP contribution in [0.2, 0.25) is 5.02 Å². The molecule has 0 fully saturated rings. The molecule has 0 atom stereocenters. The fourth-order valence-corrected chi connectivity index (χ4v) is 1.61. The Balaban J connectivity index is 2.86. The summed E-state index contributed by atoms with van der Waals surface area (Å²) in [6, 6.07) is 1.88. The largest absolute Gasteiger partial charge is 0.396 e. The fraction of sp³-hybridized carbons (Fsp3) is 0. The average Bonchev–Trinajstić information content (AvgIpc) is 2.24. The molecule has 9 heteroatoms. The molecule has 1 aromatic carbocycles. The third-order valence-electron chi connectivity index (χ3n) is 2.15. The van der Waals surface area contributed by atoms with Gasteiger partial charge < -0.3 is 5.73 Å². The molecular weight excluding hydrogens is 267 g/mol. The molecule has 0 bridgehead atoms. The van der Waals surface area contributed by atoms with E-state index in [1.165, 1.54) is 0 Å². The van der Waals surface area contributed by atoms with E-state index in [4.69, 9.17) is 17.3 Å². The topological polar surface area (TPSA) is 114 Å². The normalized spacial score (nSPS) is 10.6. The molecule has 0 amide bonds. The molecule has 2 aromatic rings. The first-order chi connectivity index (χ1) is 8.40. The van der Waals surface area contributed by atoms with Gasteiger partial charge in [-0.3, -0.25) is 9.97 Å². The van der Waals surface area contributed by atoms with Crippen LogP contribution in [0.4, 0.5) is 10.1 Å².